The number of hydrogen-bond donors (Lipinski definition) is 2. The summed E-state index contributed by atoms with van der Waals surface area (Å²) in [5.41, 5.74) is 9.92. The Hall–Kier alpha value is -3.41. The number of carbonyl (C=O) groups is 1. The standard InChI is InChI=1S/C26H33N5O/c1-3-5-7-20(4-2)16-26(32)30-13-6-8-21(11-14-30)19-31-15-12-24-25(31)10-9-23(29-24)22(17-27)18-28/h3-5,7,9-10,12,15,17-18,21,27H,1,6,8,11,13-14,16,19,28H2,2H3/b7-5-,20-4+,22-18+,27-17?. The van der Waals surface area contributed by atoms with Crippen LogP contribution in [0.5, 0.6) is 0 Å². The lowest BCUT2D eigenvalue weighted by Gasteiger charge is -2.21. The van der Waals surface area contributed by atoms with Crippen LogP contribution in [-0.2, 0) is 11.3 Å². The highest BCUT2D eigenvalue weighted by atomic mass is 16.2. The summed E-state index contributed by atoms with van der Waals surface area (Å²) in [6, 6.07) is 5.97. The fourth-order valence-electron chi connectivity index (χ4n) is 4.21. The first-order valence-electron chi connectivity index (χ1n) is 11.2. The molecule has 0 radical (unpaired) electrons. The van der Waals surface area contributed by atoms with Gasteiger partial charge in [-0.05, 0) is 55.9 Å². The summed E-state index contributed by atoms with van der Waals surface area (Å²) < 4.78 is 2.25. The number of fused-ring (bicyclic) bond motifs is 1. The zero-order chi connectivity index (χ0) is 22.9. The molecule has 1 unspecified atom stereocenters. The molecule has 32 heavy (non-hydrogen) atoms. The van der Waals surface area contributed by atoms with Gasteiger partial charge >= 0.3 is 0 Å². The number of nitrogens with two attached hydrogens (primary N) is 1. The van der Waals surface area contributed by atoms with Crippen molar-refractivity contribution in [2.24, 2.45) is 11.7 Å². The van der Waals surface area contributed by atoms with Crippen LogP contribution < -0.4 is 5.73 Å². The normalized spacial score (nSPS) is 18.2. The van der Waals surface area contributed by atoms with Crippen LogP contribution in [0.3, 0.4) is 0 Å². The maximum Gasteiger partial charge on any atom is 0.226 e. The monoisotopic (exact) mass is 431 g/mol. The molecule has 1 aliphatic heterocycles. The van der Waals surface area contributed by atoms with E-state index in [4.69, 9.17) is 11.1 Å². The van der Waals surface area contributed by atoms with Gasteiger partial charge in [0.1, 0.15) is 0 Å². The third kappa shape index (κ3) is 5.63. The molecule has 1 aliphatic rings. The summed E-state index contributed by atoms with van der Waals surface area (Å²) >= 11 is 0. The minimum atomic E-state index is 0.200. The molecule has 3 rings (SSSR count). The minimum Gasteiger partial charge on any atom is -0.404 e. The average molecular weight is 432 g/mol. The number of rotatable bonds is 8. The molecule has 6 nitrogen and oxygen atoms in total. The molecule has 0 bridgehead atoms. The van der Waals surface area contributed by atoms with Crippen LogP contribution in [0.2, 0.25) is 0 Å². The SMILES string of the molecule is C=C/C=C\C(=C/C)CC(=O)N1CCCC(Cn2ccc3nc(/C(C=N)=C/N)ccc32)CC1. The number of pyridine rings is 1. The third-order valence-electron chi connectivity index (χ3n) is 6.08. The Morgan fingerprint density at radius 2 is 2.16 bits per heavy atom. The second-order valence-electron chi connectivity index (χ2n) is 8.15. The van der Waals surface area contributed by atoms with Crippen LogP contribution in [-0.4, -0.2) is 39.7 Å². The summed E-state index contributed by atoms with van der Waals surface area (Å²) in [4.78, 5) is 19.5. The van der Waals surface area contributed by atoms with Crippen molar-refractivity contribution in [3.05, 3.63) is 72.7 Å². The molecular weight excluding hydrogens is 398 g/mol. The Morgan fingerprint density at radius 3 is 2.88 bits per heavy atom. The second kappa shape index (κ2) is 11.3. The highest BCUT2D eigenvalue weighted by Gasteiger charge is 2.21. The van der Waals surface area contributed by atoms with Crippen molar-refractivity contribution in [1.29, 1.82) is 5.41 Å². The predicted molar refractivity (Wildman–Crippen MR) is 132 cm³/mol. The summed E-state index contributed by atoms with van der Waals surface area (Å²) in [6.45, 7) is 8.20. The number of aromatic nitrogens is 2. The molecule has 0 aliphatic carbocycles. The van der Waals surface area contributed by atoms with Gasteiger partial charge in [-0.15, -0.1) is 0 Å². The van der Waals surface area contributed by atoms with Gasteiger partial charge in [0.15, 0.2) is 0 Å². The highest BCUT2D eigenvalue weighted by Crippen LogP contribution is 2.24. The number of nitrogens with one attached hydrogen (secondary N) is 1. The molecular formula is C26H33N5O. The third-order valence-corrected chi connectivity index (χ3v) is 6.08. The summed E-state index contributed by atoms with van der Waals surface area (Å²) in [6.07, 6.45) is 15.8. The van der Waals surface area contributed by atoms with Gasteiger partial charge in [0.2, 0.25) is 5.91 Å². The quantitative estimate of drug-likeness (QED) is 0.469. The average Bonchev–Trinajstić information content (AvgIpc) is 3.05. The first kappa shape index (κ1) is 23.3. The Morgan fingerprint density at radius 1 is 1.31 bits per heavy atom. The zero-order valence-corrected chi connectivity index (χ0v) is 18.8. The largest absolute Gasteiger partial charge is 0.404 e. The van der Waals surface area contributed by atoms with Crippen molar-refractivity contribution in [3.8, 4) is 0 Å². The fourth-order valence-corrected chi connectivity index (χ4v) is 4.21. The fraction of sp³-hybridized carbons (Fsp3) is 0.346. The summed E-state index contributed by atoms with van der Waals surface area (Å²) in [5, 5.41) is 7.47. The van der Waals surface area contributed by atoms with Crippen LogP contribution in [0.15, 0.2) is 67.1 Å². The Balaban J connectivity index is 1.63. The van der Waals surface area contributed by atoms with E-state index in [2.05, 4.69) is 22.3 Å². The molecule has 3 heterocycles. The molecule has 0 aromatic carbocycles. The maximum absolute atomic E-state index is 12.8. The van der Waals surface area contributed by atoms with Crippen LogP contribution in [0.1, 0.15) is 38.3 Å². The van der Waals surface area contributed by atoms with Crippen molar-refractivity contribution >= 4 is 28.7 Å². The topological polar surface area (TPSA) is 88.0 Å². The van der Waals surface area contributed by atoms with E-state index < -0.39 is 0 Å². The molecule has 3 N–H and O–H groups in total. The number of amides is 1. The number of nitrogens with zero attached hydrogens (tertiary/aromatic N) is 3. The van der Waals surface area contributed by atoms with Crippen molar-refractivity contribution in [1.82, 2.24) is 14.5 Å². The lowest BCUT2D eigenvalue weighted by atomic mass is 10.0. The number of carbonyl (C=O) groups excluding carboxylic acids is 1. The van der Waals surface area contributed by atoms with Crippen LogP contribution in [0.4, 0.5) is 0 Å². The number of hydrogen-bond acceptors (Lipinski definition) is 4. The van der Waals surface area contributed by atoms with Crippen molar-refractivity contribution < 1.29 is 4.79 Å². The first-order valence-corrected chi connectivity index (χ1v) is 11.2. The highest BCUT2D eigenvalue weighted by molar-refractivity contribution is 6.07. The smallest absolute Gasteiger partial charge is 0.226 e. The molecule has 6 heteroatoms. The van der Waals surface area contributed by atoms with Crippen molar-refractivity contribution in [2.75, 3.05) is 13.1 Å². The molecule has 2 aromatic heterocycles. The van der Waals surface area contributed by atoms with E-state index in [1.54, 1.807) is 6.08 Å². The van der Waals surface area contributed by atoms with E-state index in [0.717, 1.165) is 55.5 Å². The van der Waals surface area contributed by atoms with Crippen molar-refractivity contribution in [3.63, 3.8) is 0 Å². The second-order valence-corrected chi connectivity index (χ2v) is 8.15. The lowest BCUT2D eigenvalue weighted by molar-refractivity contribution is -0.130. The van der Waals surface area contributed by atoms with Crippen LogP contribution >= 0.6 is 0 Å². The molecule has 1 fully saturated rings. The van der Waals surface area contributed by atoms with Crippen molar-refractivity contribution in [2.45, 2.75) is 39.2 Å². The van der Waals surface area contributed by atoms with E-state index in [1.165, 1.54) is 12.4 Å². The minimum absolute atomic E-state index is 0.200. The van der Waals surface area contributed by atoms with Gasteiger partial charge in [0.25, 0.3) is 0 Å². The Kier molecular flexibility index (Phi) is 8.20. The van der Waals surface area contributed by atoms with Gasteiger partial charge in [-0.2, -0.15) is 0 Å². The molecule has 1 atom stereocenters. The summed E-state index contributed by atoms with van der Waals surface area (Å²) in [5.74, 6) is 0.719. The molecule has 2 aromatic rings. The molecule has 0 saturated carbocycles. The van der Waals surface area contributed by atoms with E-state index in [9.17, 15) is 4.79 Å². The van der Waals surface area contributed by atoms with Gasteiger partial charge in [0.05, 0.1) is 23.1 Å². The Labute approximate surface area is 190 Å². The molecule has 168 valence electrons. The van der Waals surface area contributed by atoms with Crippen LogP contribution in [0, 0.1) is 11.3 Å². The molecule has 1 amide bonds. The Bertz CT molecular complexity index is 1060. The van der Waals surface area contributed by atoms with Gasteiger partial charge in [-0.3, -0.25) is 4.79 Å². The van der Waals surface area contributed by atoms with E-state index in [0.29, 0.717) is 23.6 Å². The van der Waals surface area contributed by atoms with E-state index in [1.807, 2.05) is 48.3 Å². The lowest BCUT2D eigenvalue weighted by Crippen LogP contribution is -2.32. The summed E-state index contributed by atoms with van der Waals surface area (Å²) in [7, 11) is 0. The van der Waals surface area contributed by atoms with E-state index in [-0.39, 0.29) is 5.91 Å². The number of allylic oxidation sites excluding steroid dienone is 5. The molecule has 0 spiro atoms. The van der Waals surface area contributed by atoms with Gasteiger partial charge in [-0.25, -0.2) is 4.98 Å². The van der Waals surface area contributed by atoms with Crippen LogP contribution in [0.25, 0.3) is 16.6 Å². The maximum atomic E-state index is 12.8. The predicted octanol–water partition coefficient (Wildman–Crippen LogP) is 4.69. The molecule has 1 saturated heterocycles. The zero-order valence-electron chi connectivity index (χ0n) is 18.8. The van der Waals surface area contributed by atoms with Gasteiger partial charge in [-0.1, -0.05) is 30.9 Å². The van der Waals surface area contributed by atoms with Gasteiger partial charge < -0.3 is 20.6 Å². The number of likely N-dealkylation sites (tertiary alicyclic amines) is 1. The first-order chi connectivity index (χ1) is 15.6. The van der Waals surface area contributed by atoms with Gasteiger partial charge in [0, 0.05) is 43.8 Å². The van der Waals surface area contributed by atoms with E-state index >= 15 is 0 Å².